The average molecular weight is 396 g/mol. The topological polar surface area (TPSA) is 12.9 Å². The molecular formula is C26H37NS. The molecule has 0 amide bonds. The van der Waals surface area contributed by atoms with Gasteiger partial charge in [-0.15, -0.1) is 11.3 Å². The van der Waals surface area contributed by atoms with Crippen molar-refractivity contribution in [1.29, 1.82) is 0 Å². The fraction of sp³-hybridized carbons (Fsp3) is 0.500. The van der Waals surface area contributed by atoms with Crippen LogP contribution in [0.1, 0.15) is 81.6 Å². The highest BCUT2D eigenvalue weighted by molar-refractivity contribution is 7.18. The van der Waals surface area contributed by atoms with E-state index < -0.39 is 0 Å². The van der Waals surface area contributed by atoms with Gasteiger partial charge in [-0.1, -0.05) is 65.8 Å². The van der Waals surface area contributed by atoms with Crippen LogP contribution in [0.25, 0.3) is 10.2 Å². The summed E-state index contributed by atoms with van der Waals surface area (Å²) in [5.41, 5.74) is 7.41. The van der Waals surface area contributed by atoms with Crippen molar-refractivity contribution in [3.05, 3.63) is 63.7 Å². The molecule has 0 N–H and O–H groups in total. The number of fused-ring (bicyclic) bond motifs is 1. The van der Waals surface area contributed by atoms with Gasteiger partial charge in [-0.3, -0.25) is 0 Å². The van der Waals surface area contributed by atoms with Crippen LogP contribution in [-0.2, 0) is 10.8 Å². The van der Waals surface area contributed by atoms with Crippen molar-refractivity contribution in [2.75, 3.05) is 0 Å². The lowest BCUT2D eigenvalue weighted by molar-refractivity contribution is 0.486. The molecule has 0 aliphatic rings. The van der Waals surface area contributed by atoms with E-state index in [0.717, 1.165) is 10.5 Å². The van der Waals surface area contributed by atoms with E-state index in [1.165, 1.54) is 39.8 Å². The molecule has 0 radical (unpaired) electrons. The highest BCUT2D eigenvalue weighted by Gasteiger charge is 2.24. The summed E-state index contributed by atoms with van der Waals surface area (Å²) in [5, 5.41) is 1.14. The number of aromatic nitrogens is 1. The zero-order valence-corrected chi connectivity index (χ0v) is 20.1. The molecule has 3 aromatic rings. The maximum atomic E-state index is 4.37. The van der Waals surface area contributed by atoms with Crippen molar-refractivity contribution >= 4 is 21.6 Å². The van der Waals surface area contributed by atoms with E-state index in [4.69, 9.17) is 0 Å². The number of rotatable bonds is 4. The monoisotopic (exact) mass is 395 g/mol. The van der Waals surface area contributed by atoms with Crippen LogP contribution in [0.4, 0.5) is 0 Å². The Kier molecular flexibility index (Phi) is 7.09. The molecule has 1 nitrogen and oxygen atoms in total. The zero-order valence-electron chi connectivity index (χ0n) is 19.2. The Morgan fingerprint density at radius 2 is 1.46 bits per heavy atom. The van der Waals surface area contributed by atoms with Crippen molar-refractivity contribution < 1.29 is 0 Å². The third kappa shape index (κ3) is 5.23. The van der Waals surface area contributed by atoms with Gasteiger partial charge in [0, 0.05) is 0 Å². The van der Waals surface area contributed by atoms with Crippen LogP contribution in [0.3, 0.4) is 0 Å². The first-order valence-electron chi connectivity index (χ1n) is 10.5. The van der Waals surface area contributed by atoms with Gasteiger partial charge in [0.25, 0.3) is 0 Å². The molecule has 1 heterocycles. The molecule has 0 fully saturated rings. The van der Waals surface area contributed by atoms with Crippen LogP contribution in [0, 0.1) is 20.8 Å². The number of aryl methyl sites for hydroxylation is 3. The van der Waals surface area contributed by atoms with Gasteiger partial charge in [0.1, 0.15) is 0 Å². The van der Waals surface area contributed by atoms with Crippen molar-refractivity contribution in [2.45, 2.75) is 86.0 Å². The Balaban J connectivity index is 0.000000218. The molecule has 0 aliphatic carbocycles. The fourth-order valence-electron chi connectivity index (χ4n) is 3.31. The first kappa shape index (κ1) is 22.6. The summed E-state index contributed by atoms with van der Waals surface area (Å²) >= 11 is 1.76. The van der Waals surface area contributed by atoms with Gasteiger partial charge >= 0.3 is 0 Å². The van der Waals surface area contributed by atoms with E-state index >= 15 is 0 Å². The van der Waals surface area contributed by atoms with E-state index in [-0.39, 0.29) is 10.8 Å². The quantitative estimate of drug-likeness (QED) is 0.433. The number of nitrogens with zero attached hydrogens (tertiary/aromatic N) is 1. The molecule has 3 rings (SSSR count). The lowest BCUT2D eigenvalue weighted by Gasteiger charge is -2.30. The first-order valence-corrected chi connectivity index (χ1v) is 11.3. The molecule has 2 heteroatoms. The van der Waals surface area contributed by atoms with Gasteiger partial charge in [0.05, 0.1) is 15.2 Å². The van der Waals surface area contributed by atoms with Gasteiger partial charge in [0.2, 0.25) is 0 Å². The second-order valence-electron chi connectivity index (χ2n) is 9.21. The average Bonchev–Trinajstić information content (AvgIpc) is 3.01. The summed E-state index contributed by atoms with van der Waals surface area (Å²) < 4.78 is 1.29. The smallest absolute Gasteiger partial charge is 0.0907 e. The molecule has 28 heavy (non-hydrogen) atoms. The van der Waals surface area contributed by atoms with Crippen LogP contribution >= 0.6 is 11.3 Å². The van der Waals surface area contributed by atoms with E-state index in [0.29, 0.717) is 0 Å². The van der Waals surface area contributed by atoms with Gasteiger partial charge < -0.3 is 0 Å². The van der Waals surface area contributed by atoms with Crippen LogP contribution in [0.2, 0.25) is 0 Å². The highest BCUT2D eigenvalue weighted by Crippen LogP contribution is 2.34. The summed E-state index contributed by atoms with van der Waals surface area (Å²) in [6, 6.07) is 13.4. The zero-order chi connectivity index (χ0) is 21.1. The number of benzene rings is 2. The molecule has 1 aromatic heterocycles. The van der Waals surface area contributed by atoms with E-state index in [2.05, 4.69) is 96.8 Å². The maximum Gasteiger partial charge on any atom is 0.0907 e. The minimum Gasteiger partial charge on any atom is -0.242 e. The Bertz CT molecular complexity index is 931. The SMILES string of the molecule is CCC(C)(C)c1ccc(C)c(C(C)(C)CC)c1.Cc1ccc2nc(C)sc2c1. The molecule has 152 valence electrons. The summed E-state index contributed by atoms with van der Waals surface area (Å²) in [6.45, 7) is 20.3. The molecule has 2 aromatic carbocycles. The molecule has 0 atom stereocenters. The van der Waals surface area contributed by atoms with Crippen LogP contribution in [0.5, 0.6) is 0 Å². The third-order valence-electron chi connectivity index (χ3n) is 6.17. The summed E-state index contributed by atoms with van der Waals surface area (Å²) in [7, 11) is 0. The highest BCUT2D eigenvalue weighted by atomic mass is 32.1. The second-order valence-corrected chi connectivity index (χ2v) is 10.4. The fourth-order valence-corrected chi connectivity index (χ4v) is 4.24. The summed E-state index contributed by atoms with van der Waals surface area (Å²) in [4.78, 5) is 4.37. The van der Waals surface area contributed by atoms with E-state index in [9.17, 15) is 0 Å². The van der Waals surface area contributed by atoms with Gasteiger partial charge in [0.15, 0.2) is 0 Å². The van der Waals surface area contributed by atoms with Gasteiger partial charge in [-0.25, -0.2) is 4.98 Å². The molecule has 0 saturated carbocycles. The number of thiazole rings is 1. The van der Waals surface area contributed by atoms with Crippen LogP contribution < -0.4 is 0 Å². The minimum absolute atomic E-state index is 0.282. The van der Waals surface area contributed by atoms with E-state index in [1.807, 2.05) is 6.92 Å². The number of hydrogen-bond donors (Lipinski definition) is 0. The van der Waals surface area contributed by atoms with Crippen LogP contribution in [0.15, 0.2) is 36.4 Å². The lowest BCUT2D eigenvalue weighted by Crippen LogP contribution is -2.21. The Morgan fingerprint density at radius 1 is 0.821 bits per heavy atom. The molecular weight excluding hydrogens is 358 g/mol. The molecule has 0 aliphatic heterocycles. The second kappa shape index (κ2) is 8.78. The standard InChI is InChI=1S/C17H28.C9H9NS/c1-8-16(4,5)14-11-10-13(3)15(12-14)17(6,7)9-2;1-6-3-4-8-9(5-6)11-7(2)10-8/h10-12H,8-9H2,1-7H3;3-5H,1-2H3. The Labute approximate surface area is 176 Å². The largest absolute Gasteiger partial charge is 0.242 e. The predicted octanol–water partition coefficient (Wildman–Crippen LogP) is 8.28. The molecule has 0 bridgehead atoms. The normalized spacial score (nSPS) is 12.0. The van der Waals surface area contributed by atoms with Crippen molar-refractivity contribution in [3.8, 4) is 0 Å². The minimum atomic E-state index is 0.282. The number of hydrogen-bond acceptors (Lipinski definition) is 2. The summed E-state index contributed by atoms with van der Waals surface area (Å²) in [6.07, 6.45) is 2.37. The molecule has 0 saturated heterocycles. The molecule has 0 spiro atoms. The van der Waals surface area contributed by atoms with Crippen molar-refractivity contribution in [1.82, 2.24) is 4.98 Å². The van der Waals surface area contributed by atoms with Crippen LogP contribution in [-0.4, -0.2) is 4.98 Å². The lowest BCUT2D eigenvalue weighted by atomic mass is 9.75. The Morgan fingerprint density at radius 3 is 2.07 bits per heavy atom. The van der Waals surface area contributed by atoms with Gasteiger partial charge in [-0.2, -0.15) is 0 Å². The third-order valence-corrected chi connectivity index (χ3v) is 7.10. The Hall–Kier alpha value is -1.67. The first-order chi connectivity index (χ1) is 13.0. The molecule has 0 unspecified atom stereocenters. The summed E-state index contributed by atoms with van der Waals surface area (Å²) in [5.74, 6) is 0. The maximum absolute atomic E-state index is 4.37. The van der Waals surface area contributed by atoms with Gasteiger partial charge in [-0.05, 0) is 78.8 Å². The van der Waals surface area contributed by atoms with E-state index in [1.54, 1.807) is 11.3 Å². The van der Waals surface area contributed by atoms with Crippen molar-refractivity contribution in [2.24, 2.45) is 0 Å². The predicted molar refractivity (Wildman–Crippen MR) is 127 cm³/mol. The van der Waals surface area contributed by atoms with Crippen molar-refractivity contribution in [3.63, 3.8) is 0 Å².